The van der Waals surface area contributed by atoms with Crippen LogP contribution in [0.1, 0.15) is 44.7 Å². The molecule has 0 aromatic heterocycles. The lowest BCUT2D eigenvalue weighted by molar-refractivity contribution is 0.589. The molecule has 0 spiro atoms. The van der Waals surface area contributed by atoms with Gasteiger partial charge in [-0.25, -0.2) is 0 Å². The van der Waals surface area contributed by atoms with Crippen LogP contribution in [-0.4, -0.2) is 7.05 Å². The maximum atomic E-state index is 2.43. The Morgan fingerprint density at radius 1 is 0.955 bits per heavy atom. The summed E-state index contributed by atoms with van der Waals surface area (Å²) in [5.41, 5.74) is 7.39. The molecule has 4 rings (SSSR count). The second kappa shape index (κ2) is 4.25. The molecular formula is C21H23N. The van der Waals surface area contributed by atoms with E-state index in [1.165, 1.54) is 38.5 Å². The molecule has 1 heteroatoms. The van der Waals surface area contributed by atoms with Crippen molar-refractivity contribution in [3.63, 3.8) is 0 Å². The van der Waals surface area contributed by atoms with Crippen LogP contribution < -0.4 is 15.3 Å². The minimum atomic E-state index is 0.190. The lowest BCUT2D eigenvalue weighted by Gasteiger charge is -2.21. The number of anilines is 1. The Kier molecular flexibility index (Phi) is 2.64. The molecule has 1 unspecified atom stereocenters. The molecule has 0 radical (unpaired) electrons. The molecule has 1 aliphatic carbocycles. The van der Waals surface area contributed by atoms with E-state index in [2.05, 4.69) is 82.1 Å². The Morgan fingerprint density at radius 2 is 1.64 bits per heavy atom. The Morgan fingerprint density at radius 3 is 2.32 bits per heavy atom. The molecule has 2 aromatic carbocycles. The summed E-state index contributed by atoms with van der Waals surface area (Å²) in [5.74, 6) is 0.430. The van der Waals surface area contributed by atoms with Crippen molar-refractivity contribution < 1.29 is 0 Å². The second-order valence-corrected chi connectivity index (χ2v) is 7.63. The molecular weight excluding hydrogens is 266 g/mol. The molecule has 2 aliphatic rings. The van der Waals surface area contributed by atoms with Gasteiger partial charge in [-0.15, -0.1) is 0 Å². The summed E-state index contributed by atoms with van der Waals surface area (Å²) in [6, 6.07) is 15.8. The highest BCUT2D eigenvalue weighted by Gasteiger charge is 2.37. The molecule has 1 aliphatic heterocycles. The van der Waals surface area contributed by atoms with E-state index in [1.807, 2.05) is 0 Å². The van der Waals surface area contributed by atoms with Crippen LogP contribution in [0.15, 0.2) is 42.5 Å². The van der Waals surface area contributed by atoms with E-state index in [-0.39, 0.29) is 5.41 Å². The van der Waals surface area contributed by atoms with Gasteiger partial charge < -0.3 is 4.90 Å². The van der Waals surface area contributed by atoms with Crippen molar-refractivity contribution in [1.82, 2.24) is 0 Å². The van der Waals surface area contributed by atoms with Gasteiger partial charge in [0.2, 0.25) is 0 Å². The Labute approximate surface area is 132 Å². The largest absolute Gasteiger partial charge is 0.346 e. The molecule has 1 atom stereocenters. The average molecular weight is 289 g/mol. The van der Waals surface area contributed by atoms with Gasteiger partial charge in [-0.2, -0.15) is 0 Å². The molecule has 1 heterocycles. The van der Waals surface area contributed by atoms with Gasteiger partial charge in [-0.3, -0.25) is 0 Å². The molecule has 1 nitrogen and oxygen atoms in total. The predicted octanol–water partition coefficient (Wildman–Crippen LogP) is 3.51. The molecule has 112 valence electrons. The van der Waals surface area contributed by atoms with E-state index in [4.69, 9.17) is 0 Å². The van der Waals surface area contributed by atoms with Gasteiger partial charge in [-0.05, 0) is 34.8 Å². The first-order chi connectivity index (χ1) is 10.4. The third kappa shape index (κ3) is 1.65. The van der Waals surface area contributed by atoms with Crippen molar-refractivity contribution >= 4 is 17.0 Å². The van der Waals surface area contributed by atoms with Crippen molar-refractivity contribution in [2.75, 3.05) is 11.9 Å². The van der Waals surface area contributed by atoms with Crippen molar-refractivity contribution in [2.24, 2.45) is 0 Å². The first-order valence-corrected chi connectivity index (χ1v) is 8.08. The van der Waals surface area contributed by atoms with E-state index in [9.17, 15) is 0 Å². The smallest absolute Gasteiger partial charge is 0.0485 e. The fraction of sp³-hybridized carbons (Fsp3) is 0.333. The summed E-state index contributed by atoms with van der Waals surface area (Å²) in [7, 11) is 2.21. The number of hydrogen-bond donors (Lipinski definition) is 0. The Balaban J connectivity index is 2.02. The number of rotatable bonds is 0. The number of nitrogens with zero attached hydrogens (tertiary/aromatic N) is 1. The molecule has 0 N–H and O–H groups in total. The highest BCUT2D eigenvalue weighted by atomic mass is 15.1. The van der Waals surface area contributed by atoms with E-state index >= 15 is 0 Å². The summed E-state index contributed by atoms with van der Waals surface area (Å²) >= 11 is 0. The Hall–Kier alpha value is -2.02. The first-order valence-electron chi connectivity index (χ1n) is 8.08. The van der Waals surface area contributed by atoms with Crippen LogP contribution >= 0.6 is 0 Å². The van der Waals surface area contributed by atoms with Crippen LogP contribution in [0.5, 0.6) is 0 Å². The summed E-state index contributed by atoms with van der Waals surface area (Å²) in [5, 5.41) is 2.82. The summed E-state index contributed by atoms with van der Waals surface area (Å²) in [4.78, 5) is 2.39. The molecule has 0 amide bonds. The quantitative estimate of drug-likeness (QED) is 0.717. The lowest BCUT2D eigenvalue weighted by Crippen LogP contribution is -2.27. The van der Waals surface area contributed by atoms with E-state index in [0.717, 1.165) is 0 Å². The molecule has 0 bridgehead atoms. The summed E-state index contributed by atoms with van der Waals surface area (Å²) in [6.45, 7) is 9.16. The predicted molar refractivity (Wildman–Crippen MR) is 94.5 cm³/mol. The second-order valence-electron chi connectivity index (χ2n) is 7.63. The third-order valence-corrected chi connectivity index (χ3v) is 5.26. The monoisotopic (exact) mass is 289 g/mol. The van der Waals surface area contributed by atoms with Gasteiger partial charge in [-0.1, -0.05) is 62.7 Å². The van der Waals surface area contributed by atoms with Gasteiger partial charge in [0, 0.05) is 29.6 Å². The van der Waals surface area contributed by atoms with Crippen molar-refractivity contribution in [1.29, 1.82) is 0 Å². The fourth-order valence-corrected chi connectivity index (χ4v) is 4.01. The first kappa shape index (κ1) is 13.6. The maximum Gasteiger partial charge on any atom is 0.0485 e. The number of benzene rings is 2. The maximum absolute atomic E-state index is 2.43. The van der Waals surface area contributed by atoms with Gasteiger partial charge in [0.05, 0.1) is 0 Å². The van der Waals surface area contributed by atoms with Crippen molar-refractivity contribution in [2.45, 2.75) is 39.0 Å². The lowest BCUT2D eigenvalue weighted by atomic mass is 9.83. The minimum absolute atomic E-state index is 0.190. The van der Waals surface area contributed by atoms with E-state index in [1.54, 1.807) is 0 Å². The normalized spacial score (nSPS) is 19.3. The molecule has 22 heavy (non-hydrogen) atoms. The molecule has 0 saturated carbocycles. The van der Waals surface area contributed by atoms with Crippen molar-refractivity contribution in [3.8, 4) is 0 Å². The number of fused-ring (bicyclic) bond motifs is 4. The zero-order valence-corrected chi connectivity index (χ0v) is 14.1. The zero-order valence-electron chi connectivity index (χ0n) is 14.1. The van der Waals surface area contributed by atoms with Gasteiger partial charge in [0.1, 0.15) is 0 Å². The van der Waals surface area contributed by atoms with Crippen LogP contribution in [-0.2, 0) is 5.41 Å². The summed E-state index contributed by atoms with van der Waals surface area (Å²) in [6.07, 6.45) is 0. The van der Waals surface area contributed by atoms with Crippen molar-refractivity contribution in [3.05, 3.63) is 64.0 Å². The van der Waals surface area contributed by atoms with E-state index in [0.29, 0.717) is 5.92 Å². The molecule has 0 saturated heterocycles. The van der Waals surface area contributed by atoms with Gasteiger partial charge >= 0.3 is 0 Å². The van der Waals surface area contributed by atoms with Crippen LogP contribution in [0.4, 0.5) is 5.69 Å². The standard InChI is InChI=1S/C21H23N/c1-13-15-8-6-7-9-16(15)20-19(13)17-12-14(21(2,3)4)10-11-18(17)22(20)5/h6-12,19H,1-5H3. The zero-order chi connectivity index (χ0) is 15.6. The van der Waals surface area contributed by atoms with Crippen LogP contribution in [0.2, 0.25) is 0 Å². The number of hydrogen-bond acceptors (Lipinski definition) is 1. The highest BCUT2D eigenvalue weighted by molar-refractivity contribution is 5.92. The SMILES string of the molecule is CC1=c2ccccc2=C2C1c1cc(C(C)(C)C)ccc1N2C. The van der Waals surface area contributed by atoms with Crippen LogP contribution in [0.25, 0.3) is 11.3 Å². The molecule has 0 fully saturated rings. The van der Waals surface area contributed by atoms with Crippen LogP contribution in [0, 0.1) is 0 Å². The highest BCUT2D eigenvalue weighted by Crippen LogP contribution is 2.49. The van der Waals surface area contributed by atoms with Crippen LogP contribution in [0.3, 0.4) is 0 Å². The minimum Gasteiger partial charge on any atom is -0.346 e. The molecule has 2 aromatic rings. The summed E-state index contributed by atoms with van der Waals surface area (Å²) < 4.78 is 0. The van der Waals surface area contributed by atoms with Gasteiger partial charge in [0.15, 0.2) is 0 Å². The Bertz CT molecular complexity index is 896. The average Bonchev–Trinajstić information content (AvgIpc) is 2.94. The topological polar surface area (TPSA) is 3.24 Å². The number of likely N-dealkylation sites (N-methyl/N-ethyl adjacent to an activating group) is 1. The fourth-order valence-electron chi connectivity index (χ4n) is 4.01. The van der Waals surface area contributed by atoms with Gasteiger partial charge in [0.25, 0.3) is 0 Å². The third-order valence-electron chi connectivity index (χ3n) is 5.26. The van der Waals surface area contributed by atoms with E-state index < -0.39 is 0 Å².